The molecular formula is C33H32F4N6O2S. The van der Waals surface area contributed by atoms with E-state index in [1.165, 1.54) is 53.1 Å². The number of aromatic nitrogens is 3. The highest BCUT2D eigenvalue weighted by Gasteiger charge is 2.31. The minimum absolute atomic E-state index is 0.00344. The van der Waals surface area contributed by atoms with Crippen LogP contribution in [0.25, 0.3) is 17.1 Å². The molecule has 4 aromatic rings. The number of aliphatic imine (C=N–C) groups is 1. The topological polar surface area (TPSA) is 84.6 Å². The van der Waals surface area contributed by atoms with Gasteiger partial charge in [-0.05, 0) is 84.7 Å². The molecule has 1 aliphatic heterocycles. The zero-order chi connectivity index (χ0) is 32.4. The van der Waals surface area contributed by atoms with E-state index < -0.39 is 6.36 Å². The van der Waals surface area contributed by atoms with Crippen molar-refractivity contribution in [2.45, 2.75) is 57.3 Å². The average molecular weight is 653 g/mol. The Kier molecular flexibility index (Phi) is 9.03. The number of benzene rings is 3. The van der Waals surface area contributed by atoms with Gasteiger partial charge in [-0.1, -0.05) is 49.9 Å². The van der Waals surface area contributed by atoms with E-state index in [0.29, 0.717) is 23.2 Å². The number of hydrogen-bond acceptors (Lipinski definition) is 5. The first-order valence-electron chi connectivity index (χ1n) is 15.0. The second kappa shape index (κ2) is 13.1. The van der Waals surface area contributed by atoms with Crippen molar-refractivity contribution in [3.63, 3.8) is 0 Å². The summed E-state index contributed by atoms with van der Waals surface area (Å²) in [6, 6.07) is 17.8. The van der Waals surface area contributed by atoms with Crippen LogP contribution in [0.3, 0.4) is 0 Å². The normalized spacial score (nSPS) is 19.3. The smallest absolute Gasteiger partial charge is 0.406 e. The van der Waals surface area contributed by atoms with Gasteiger partial charge in [-0.25, -0.2) is 18.9 Å². The number of nitrogens with one attached hydrogen (secondary N) is 1. The molecule has 8 nitrogen and oxygen atoms in total. The molecule has 1 aromatic heterocycles. The third-order valence-corrected chi connectivity index (χ3v) is 9.06. The molecule has 1 saturated heterocycles. The highest BCUT2D eigenvalue weighted by Crippen LogP contribution is 2.36. The van der Waals surface area contributed by atoms with E-state index in [1.54, 1.807) is 12.1 Å². The van der Waals surface area contributed by atoms with E-state index in [2.05, 4.69) is 25.1 Å². The molecule has 6 rings (SSSR count). The fourth-order valence-electron chi connectivity index (χ4n) is 5.89. The summed E-state index contributed by atoms with van der Waals surface area (Å²) in [7, 11) is 0. The summed E-state index contributed by atoms with van der Waals surface area (Å²) in [6.45, 7) is 4.74. The Morgan fingerprint density at radius 3 is 2.54 bits per heavy atom. The number of carbonyl (C=O) groups is 1. The second-order valence-electron chi connectivity index (χ2n) is 11.6. The van der Waals surface area contributed by atoms with Crippen LogP contribution in [0.5, 0.6) is 5.75 Å². The quantitative estimate of drug-likeness (QED) is 0.204. The summed E-state index contributed by atoms with van der Waals surface area (Å²) in [4.78, 5) is 23.7. The molecule has 2 unspecified atom stereocenters. The maximum absolute atomic E-state index is 13.9. The summed E-state index contributed by atoms with van der Waals surface area (Å²) < 4.78 is 56.7. The first-order valence-corrected chi connectivity index (χ1v) is 16.0. The number of urea groups is 1. The maximum atomic E-state index is 13.9. The molecular weight excluding hydrogens is 620 g/mol. The van der Waals surface area contributed by atoms with Crippen molar-refractivity contribution in [1.82, 2.24) is 20.1 Å². The maximum Gasteiger partial charge on any atom is 0.573 e. The third-order valence-electron chi connectivity index (χ3n) is 8.10. The van der Waals surface area contributed by atoms with E-state index in [9.17, 15) is 22.4 Å². The summed E-state index contributed by atoms with van der Waals surface area (Å²) in [5.41, 5.74) is 4.27. The molecule has 2 atom stereocenters. The van der Waals surface area contributed by atoms with Crippen molar-refractivity contribution < 1.29 is 27.1 Å². The molecule has 3 aromatic carbocycles. The van der Waals surface area contributed by atoms with Gasteiger partial charge in [0, 0.05) is 29.6 Å². The molecule has 13 heteroatoms. The van der Waals surface area contributed by atoms with Crippen LogP contribution in [0.15, 0.2) is 78.0 Å². The van der Waals surface area contributed by atoms with Gasteiger partial charge >= 0.3 is 12.4 Å². The lowest BCUT2D eigenvalue weighted by Crippen LogP contribution is -2.33. The molecule has 46 heavy (non-hydrogen) atoms. The van der Waals surface area contributed by atoms with Gasteiger partial charge in [-0.2, -0.15) is 4.99 Å². The van der Waals surface area contributed by atoms with Gasteiger partial charge < -0.3 is 15.0 Å². The van der Waals surface area contributed by atoms with Crippen LogP contribution in [0.4, 0.5) is 28.0 Å². The Morgan fingerprint density at radius 2 is 1.83 bits per heavy atom. The molecule has 1 N–H and O–H groups in total. The number of ether oxygens (including phenoxy) is 1. The molecule has 2 heterocycles. The number of rotatable bonds is 7. The van der Waals surface area contributed by atoms with E-state index in [1.807, 2.05) is 43.0 Å². The lowest BCUT2D eigenvalue weighted by molar-refractivity contribution is -0.274. The summed E-state index contributed by atoms with van der Waals surface area (Å²) >= 11 is 1.52. The highest BCUT2D eigenvalue weighted by molar-refractivity contribution is 8.14. The van der Waals surface area contributed by atoms with Crippen LogP contribution in [0, 0.1) is 5.82 Å². The SMILES string of the molecule is CC(C)c1cc(F)ccc1N1CCS/C1=N\C(=O)NC1CCC(c2ccc(-c3ncn(-c4ccc(OC(F)(F)F)cc4)n3)cc2)C1. The first kappa shape index (κ1) is 31.6. The predicted molar refractivity (Wildman–Crippen MR) is 170 cm³/mol. The number of nitrogens with zero attached hydrogens (tertiary/aromatic N) is 5. The first-order chi connectivity index (χ1) is 22.0. The Hall–Kier alpha value is -4.39. The number of anilines is 1. The highest BCUT2D eigenvalue weighted by atomic mass is 32.2. The lowest BCUT2D eigenvalue weighted by Gasteiger charge is -2.23. The Labute approximate surface area is 267 Å². The Bertz CT molecular complexity index is 1720. The van der Waals surface area contributed by atoms with Gasteiger partial charge in [0.2, 0.25) is 0 Å². The monoisotopic (exact) mass is 652 g/mol. The van der Waals surface area contributed by atoms with Gasteiger partial charge in [0.1, 0.15) is 17.9 Å². The van der Waals surface area contributed by atoms with Crippen molar-refractivity contribution in [3.05, 3.63) is 90.0 Å². The summed E-state index contributed by atoms with van der Waals surface area (Å²) in [5.74, 6) is 1.10. The minimum Gasteiger partial charge on any atom is -0.406 e. The fraction of sp³-hybridized carbons (Fsp3) is 0.333. The molecule has 0 radical (unpaired) electrons. The number of alkyl halides is 3. The molecule has 2 fully saturated rings. The van der Waals surface area contributed by atoms with Gasteiger partial charge in [0.25, 0.3) is 0 Å². The van der Waals surface area contributed by atoms with Gasteiger partial charge in [0.05, 0.1) is 5.69 Å². The number of amidine groups is 1. The Morgan fingerprint density at radius 1 is 1.07 bits per heavy atom. The molecule has 0 spiro atoms. The average Bonchev–Trinajstić information content (AvgIpc) is 3.79. The number of carbonyl (C=O) groups excluding carboxylic acids is 1. The second-order valence-corrected chi connectivity index (χ2v) is 12.6. The van der Waals surface area contributed by atoms with Crippen molar-refractivity contribution >= 4 is 28.6 Å². The van der Waals surface area contributed by atoms with E-state index in [-0.39, 0.29) is 35.5 Å². The molecule has 2 amide bonds. The van der Waals surface area contributed by atoms with Crippen LogP contribution in [-0.2, 0) is 0 Å². The van der Waals surface area contributed by atoms with Gasteiger partial charge in [-0.15, -0.1) is 18.3 Å². The molecule has 1 aliphatic carbocycles. The largest absolute Gasteiger partial charge is 0.573 e. The van der Waals surface area contributed by atoms with Crippen molar-refractivity contribution in [2.24, 2.45) is 4.99 Å². The summed E-state index contributed by atoms with van der Waals surface area (Å²) in [6.07, 6.45) is -0.686. The van der Waals surface area contributed by atoms with Gasteiger partial charge in [-0.3, -0.25) is 0 Å². The number of amides is 2. The number of hydrogen-bond donors (Lipinski definition) is 1. The zero-order valence-electron chi connectivity index (χ0n) is 25.2. The van der Waals surface area contributed by atoms with Crippen molar-refractivity contribution in [1.29, 1.82) is 0 Å². The fourth-order valence-corrected chi connectivity index (χ4v) is 6.83. The van der Waals surface area contributed by atoms with Crippen LogP contribution in [-0.4, -0.2) is 50.7 Å². The van der Waals surface area contributed by atoms with Gasteiger partial charge in [0.15, 0.2) is 11.0 Å². The molecule has 0 bridgehead atoms. The van der Waals surface area contributed by atoms with Crippen LogP contribution < -0.4 is 15.0 Å². The van der Waals surface area contributed by atoms with Crippen LogP contribution in [0.1, 0.15) is 56.1 Å². The third kappa shape index (κ3) is 7.35. The minimum atomic E-state index is -4.75. The number of halogens is 4. The van der Waals surface area contributed by atoms with Crippen molar-refractivity contribution in [2.75, 3.05) is 17.2 Å². The van der Waals surface area contributed by atoms with Crippen molar-refractivity contribution in [3.8, 4) is 22.8 Å². The van der Waals surface area contributed by atoms with Crippen LogP contribution in [0.2, 0.25) is 0 Å². The molecule has 2 aliphatic rings. The van der Waals surface area contributed by atoms with E-state index >= 15 is 0 Å². The standard InChI is InChI=1S/C33H32F4N6O2S/c1-20(2)28-18-24(34)8-14-29(28)42-15-16-46-32(42)40-31(44)39-25-9-7-23(17-25)21-3-5-22(6-4-21)30-38-19-43(41-30)26-10-12-27(13-11-26)45-33(35,36)37/h3-6,8,10-14,18-20,23,25H,7,9,15-17H2,1-2H3,(H,39,44)/b40-32-. The Balaban J connectivity index is 1.05. The number of thioether (sulfide) groups is 1. The predicted octanol–water partition coefficient (Wildman–Crippen LogP) is 8.05. The lowest BCUT2D eigenvalue weighted by atomic mass is 9.96. The van der Waals surface area contributed by atoms with Crippen LogP contribution >= 0.6 is 11.8 Å². The van der Waals surface area contributed by atoms with E-state index in [0.717, 1.165) is 47.4 Å². The molecule has 240 valence electrons. The van der Waals surface area contributed by atoms with E-state index in [4.69, 9.17) is 0 Å². The summed E-state index contributed by atoms with van der Waals surface area (Å²) in [5, 5.41) is 8.18. The zero-order valence-corrected chi connectivity index (χ0v) is 26.0. The molecule has 1 saturated carbocycles.